The zero-order chi connectivity index (χ0) is 15.8. The Balaban J connectivity index is 3.27. The SMILES string of the molecule is COc1nc(OS(=O)(=O)C(F)(F)F)nc(C(C)(C)C)n1. The van der Waals surface area contributed by atoms with E-state index in [1.54, 1.807) is 20.8 Å². The minimum Gasteiger partial charge on any atom is -0.467 e. The summed E-state index contributed by atoms with van der Waals surface area (Å²) in [6.45, 7) is 5.01. The molecule has 0 aliphatic carbocycles. The van der Waals surface area contributed by atoms with E-state index in [1.807, 2.05) is 0 Å². The first kappa shape index (κ1) is 16.4. The van der Waals surface area contributed by atoms with Gasteiger partial charge in [0.05, 0.1) is 7.11 Å². The highest BCUT2D eigenvalue weighted by Gasteiger charge is 2.49. The summed E-state index contributed by atoms with van der Waals surface area (Å²) in [5, 5.41) is 0. The number of methoxy groups -OCH3 is 1. The van der Waals surface area contributed by atoms with Crippen LogP contribution in [-0.4, -0.2) is 36.0 Å². The van der Waals surface area contributed by atoms with E-state index >= 15 is 0 Å². The molecule has 20 heavy (non-hydrogen) atoms. The summed E-state index contributed by atoms with van der Waals surface area (Å²) in [4.78, 5) is 10.7. The summed E-state index contributed by atoms with van der Waals surface area (Å²) in [6.07, 6.45) is 0. The molecule has 0 aromatic carbocycles. The second-order valence-corrected chi connectivity index (χ2v) is 6.20. The lowest BCUT2D eigenvalue weighted by atomic mass is 9.96. The molecule has 0 saturated carbocycles. The lowest BCUT2D eigenvalue weighted by Crippen LogP contribution is -2.29. The standard InChI is InChI=1S/C9H12F3N3O4S/c1-8(2,3)5-13-6(18-4)15-7(14-5)19-20(16,17)9(10,11)12/h1-4H3. The van der Waals surface area contributed by atoms with E-state index in [0.29, 0.717) is 0 Å². The number of ether oxygens (including phenoxy) is 1. The van der Waals surface area contributed by atoms with Crippen LogP contribution in [0.4, 0.5) is 13.2 Å². The van der Waals surface area contributed by atoms with E-state index < -0.39 is 27.1 Å². The molecule has 0 amide bonds. The number of halogens is 3. The number of rotatable bonds is 3. The fourth-order valence-electron chi connectivity index (χ4n) is 0.947. The van der Waals surface area contributed by atoms with Gasteiger partial charge in [-0.2, -0.15) is 31.6 Å². The van der Waals surface area contributed by atoms with Crippen molar-refractivity contribution < 1.29 is 30.5 Å². The van der Waals surface area contributed by atoms with Gasteiger partial charge in [-0.05, 0) is 0 Å². The average molecular weight is 315 g/mol. The van der Waals surface area contributed by atoms with Gasteiger partial charge in [0.25, 0.3) is 0 Å². The Morgan fingerprint density at radius 1 is 1.00 bits per heavy atom. The van der Waals surface area contributed by atoms with Crippen LogP contribution in [-0.2, 0) is 15.5 Å². The minimum absolute atomic E-state index is 0.0247. The van der Waals surface area contributed by atoms with Crippen molar-refractivity contribution in [2.24, 2.45) is 0 Å². The third-order valence-corrected chi connectivity index (χ3v) is 2.85. The van der Waals surface area contributed by atoms with Crippen LogP contribution in [0.3, 0.4) is 0 Å². The van der Waals surface area contributed by atoms with Crippen molar-refractivity contribution in [2.45, 2.75) is 31.7 Å². The molecule has 0 atom stereocenters. The molecule has 1 rings (SSSR count). The summed E-state index contributed by atoms with van der Waals surface area (Å²) in [6, 6.07) is -1.35. The molecule has 0 unspecified atom stereocenters. The summed E-state index contributed by atoms with van der Waals surface area (Å²) < 4.78 is 67.0. The molecule has 11 heteroatoms. The van der Waals surface area contributed by atoms with Gasteiger partial charge in [-0.3, -0.25) is 0 Å². The molecule has 0 aliphatic rings. The molecular formula is C9H12F3N3O4S. The van der Waals surface area contributed by atoms with Crippen LogP contribution in [0.15, 0.2) is 0 Å². The Kier molecular flexibility index (Phi) is 4.13. The second kappa shape index (κ2) is 5.04. The maximum Gasteiger partial charge on any atom is 0.534 e. The van der Waals surface area contributed by atoms with Gasteiger partial charge in [0.15, 0.2) is 0 Å². The smallest absolute Gasteiger partial charge is 0.467 e. The number of hydrogen-bond donors (Lipinski definition) is 0. The fourth-order valence-corrected chi connectivity index (χ4v) is 1.31. The third-order valence-electron chi connectivity index (χ3n) is 1.92. The summed E-state index contributed by atoms with van der Waals surface area (Å²) >= 11 is 0. The van der Waals surface area contributed by atoms with Crippen molar-refractivity contribution in [3.63, 3.8) is 0 Å². The zero-order valence-electron chi connectivity index (χ0n) is 11.0. The highest BCUT2D eigenvalue weighted by molar-refractivity contribution is 7.87. The predicted octanol–water partition coefficient (Wildman–Crippen LogP) is 1.41. The van der Waals surface area contributed by atoms with Gasteiger partial charge in [0.1, 0.15) is 5.82 Å². The molecule has 0 N–H and O–H groups in total. The molecule has 0 fully saturated rings. The highest BCUT2D eigenvalue weighted by Crippen LogP contribution is 2.27. The van der Waals surface area contributed by atoms with E-state index in [2.05, 4.69) is 23.9 Å². The molecular weight excluding hydrogens is 303 g/mol. The largest absolute Gasteiger partial charge is 0.534 e. The van der Waals surface area contributed by atoms with Gasteiger partial charge in [-0.15, -0.1) is 4.98 Å². The fraction of sp³-hybridized carbons (Fsp3) is 0.667. The molecule has 0 saturated heterocycles. The molecule has 1 aromatic heterocycles. The lowest BCUT2D eigenvalue weighted by molar-refractivity contribution is -0.0503. The van der Waals surface area contributed by atoms with Crippen LogP contribution in [0.25, 0.3) is 0 Å². The lowest BCUT2D eigenvalue weighted by Gasteiger charge is -2.17. The predicted molar refractivity (Wildman–Crippen MR) is 60.7 cm³/mol. The van der Waals surface area contributed by atoms with E-state index in [9.17, 15) is 21.6 Å². The van der Waals surface area contributed by atoms with Gasteiger partial charge in [0.2, 0.25) is 0 Å². The normalized spacial score (nSPS) is 13.2. The first-order valence-corrected chi connectivity index (χ1v) is 6.59. The van der Waals surface area contributed by atoms with Gasteiger partial charge in [0, 0.05) is 5.41 Å². The highest BCUT2D eigenvalue weighted by atomic mass is 32.2. The van der Waals surface area contributed by atoms with E-state index in [1.165, 1.54) is 7.11 Å². The Hall–Kier alpha value is -1.65. The van der Waals surface area contributed by atoms with Crippen LogP contribution in [0, 0.1) is 0 Å². The average Bonchev–Trinajstić information content (AvgIpc) is 2.25. The number of nitrogens with zero attached hydrogens (tertiary/aromatic N) is 3. The summed E-state index contributed by atoms with van der Waals surface area (Å²) in [5.74, 6) is 0.0247. The zero-order valence-corrected chi connectivity index (χ0v) is 11.8. The quantitative estimate of drug-likeness (QED) is 0.615. The van der Waals surface area contributed by atoms with E-state index in [-0.39, 0.29) is 11.8 Å². The van der Waals surface area contributed by atoms with Gasteiger partial charge in [-0.1, -0.05) is 20.8 Å². The maximum absolute atomic E-state index is 12.2. The van der Waals surface area contributed by atoms with Crippen molar-refractivity contribution >= 4 is 10.1 Å². The first-order valence-electron chi connectivity index (χ1n) is 5.18. The molecule has 0 radical (unpaired) electrons. The molecule has 1 heterocycles. The van der Waals surface area contributed by atoms with Crippen LogP contribution in [0.1, 0.15) is 26.6 Å². The Morgan fingerprint density at radius 3 is 1.90 bits per heavy atom. The number of hydrogen-bond acceptors (Lipinski definition) is 7. The molecule has 7 nitrogen and oxygen atoms in total. The number of aromatic nitrogens is 3. The van der Waals surface area contributed by atoms with Crippen molar-refractivity contribution in [1.29, 1.82) is 0 Å². The van der Waals surface area contributed by atoms with Crippen molar-refractivity contribution in [1.82, 2.24) is 15.0 Å². The summed E-state index contributed by atoms with van der Waals surface area (Å²) in [5.41, 5.74) is -6.24. The second-order valence-electron chi connectivity index (χ2n) is 4.66. The van der Waals surface area contributed by atoms with Crippen LogP contribution in [0.5, 0.6) is 12.0 Å². The van der Waals surface area contributed by atoms with Gasteiger partial charge >= 0.3 is 27.6 Å². The molecule has 0 aliphatic heterocycles. The Labute approximate surface area is 113 Å². The van der Waals surface area contributed by atoms with Gasteiger partial charge in [-0.25, -0.2) is 0 Å². The first-order chi connectivity index (χ1) is 8.87. The molecule has 1 aromatic rings. The number of alkyl halides is 3. The Bertz CT molecular complexity index is 595. The molecule has 0 bridgehead atoms. The Morgan fingerprint density at radius 2 is 1.50 bits per heavy atom. The van der Waals surface area contributed by atoms with E-state index in [4.69, 9.17) is 0 Å². The third kappa shape index (κ3) is 3.68. The van der Waals surface area contributed by atoms with Crippen molar-refractivity contribution in [3.8, 4) is 12.0 Å². The van der Waals surface area contributed by atoms with Crippen LogP contribution in [0.2, 0.25) is 0 Å². The maximum atomic E-state index is 12.2. The van der Waals surface area contributed by atoms with Crippen LogP contribution >= 0.6 is 0 Å². The van der Waals surface area contributed by atoms with Crippen molar-refractivity contribution in [3.05, 3.63) is 5.82 Å². The monoisotopic (exact) mass is 315 g/mol. The molecule has 114 valence electrons. The van der Waals surface area contributed by atoms with E-state index in [0.717, 1.165) is 0 Å². The van der Waals surface area contributed by atoms with Crippen LogP contribution < -0.4 is 8.92 Å². The van der Waals surface area contributed by atoms with Gasteiger partial charge < -0.3 is 8.92 Å². The minimum atomic E-state index is -5.85. The summed E-state index contributed by atoms with van der Waals surface area (Å²) in [7, 11) is -4.68. The molecule has 0 spiro atoms. The topological polar surface area (TPSA) is 91.3 Å². The van der Waals surface area contributed by atoms with Crippen molar-refractivity contribution in [2.75, 3.05) is 7.11 Å².